The Hall–Kier alpha value is -0.610. The summed E-state index contributed by atoms with van der Waals surface area (Å²) in [6.07, 6.45) is 7.16. The maximum absolute atomic E-state index is 11.7. The Morgan fingerprint density at radius 3 is 2.48 bits per heavy atom. The van der Waals surface area contributed by atoms with Crippen molar-refractivity contribution >= 4 is 29.5 Å². The molecule has 1 aliphatic carbocycles. The first kappa shape index (κ1) is 18.7. The van der Waals surface area contributed by atoms with Gasteiger partial charge in [-0.3, -0.25) is 0 Å². The van der Waals surface area contributed by atoms with Gasteiger partial charge in [0.25, 0.3) is 0 Å². The van der Waals surface area contributed by atoms with E-state index in [4.69, 9.17) is 23.2 Å². The Bertz CT molecular complexity index is 542. The van der Waals surface area contributed by atoms with Gasteiger partial charge in [-0.25, -0.2) is 10.0 Å². The molecular formula is C18H26Cl2N2O. The summed E-state index contributed by atoms with van der Waals surface area (Å²) in [7, 11) is 2.08. The van der Waals surface area contributed by atoms with Crippen LogP contribution in [0.2, 0.25) is 10.0 Å². The van der Waals surface area contributed by atoms with Crippen LogP contribution in [0.4, 0.5) is 0 Å². The van der Waals surface area contributed by atoms with Crippen molar-refractivity contribution in [2.24, 2.45) is 0 Å². The van der Waals surface area contributed by atoms with Crippen LogP contribution in [-0.4, -0.2) is 34.9 Å². The second-order valence-corrected chi connectivity index (χ2v) is 7.77. The maximum Gasteiger partial charge on any atom is 0.141 e. The molecule has 0 radical (unpaired) electrons. The summed E-state index contributed by atoms with van der Waals surface area (Å²) in [5, 5.41) is 5.70. The third kappa shape index (κ3) is 4.69. The molecule has 5 heteroatoms. The zero-order valence-corrected chi connectivity index (χ0v) is 15.7. The molecule has 0 heterocycles. The Morgan fingerprint density at radius 2 is 1.87 bits per heavy atom. The van der Waals surface area contributed by atoms with Crippen LogP contribution in [0.15, 0.2) is 18.2 Å². The molecule has 1 aromatic rings. The highest BCUT2D eigenvalue weighted by Crippen LogP contribution is 2.29. The van der Waals surface area contributed by atoms with Crippen LogP contribution < -0.4 is 0 Å². The van der Waals surface area contributed by atoms with Gasteiger partial charge < -0.3 is 4.79 Å². The Morgan fingerprint density at radius 1 is 1.22 bits per heavy atom. The maximum atomic E-state index is 11.7. The molecule has 0 saturated heterocycles. The van der Waals surface area contributed by atoms with Crippen molar-refractivity contribution in [2.75, 3.05) is 7.05 Å². The van der Waals surface area contributed by atoms with E-state index in [0.29, 0.717) is 22.6 Å². The first-order valence-corrected chi connectivity index (χ1v) is 9.01. The predicted molar refractivity (Wildman–Crippen MR) is 96.8 cm³/mol. The Kier molecular flexibility index (Phi) is 6.49. The van der Waals surface area contributed by atoms with E-state index in [-0.39, 0.29) is 0 Å². The lowest BCUT2D eigenvalue weighted by molar-refractivity contribution is -0.143. The molecule has 3 nitrogen and oxygen atoms in total. The lowest BCUT2D eigenvalue weighted by Crippen LogP contribution is -2.56. The number of hydrogen-bond donors (Lipinski definition) is 0. The van der Waals surface area contributed by atoms with Crippen molar-refractivity contribution in [2.45, 2.75) is 64.1 Å². The van der Waals surface area contributed by atoms with Crippen molar-refractivity contribution in [3.63, 3.8) is 0 Å². The Labute approximate surface area is 149 Å². The third-order valence-electron chi connectivity index (χ3n) is 4.77. The minimum absolute atomic E-state index is 0.473. The number of hydrazine groups is 1. The number of aldehydes is 1. The number of carbonyl (C=O) groups is 1. The highest BCUT2D eigenvalue weighted by molar-refractivity contribution is 6.33. The average Bonchev–Trinajstić information content (AvgIpc) is 2.55. The third-order valence-corrected chi connectivity index (χ3v) is 5.37. The van der Waals surface area contributed by atoms with Gasteiger partial charge in [-0.05, 0) is 50.5 Å². The van der Waals surface area contributed by atoms with Crippen LogP contribution in [0, 0.1) is 0 Å². The first-order chi connectivity index (χ1) is 10.8. The van der Waals surface area contributed by atoms with E-state index in [2.05, 4.69) is 17.1 Å². The molecule has 0 unspecified atom stereocenters. The number of benzene rings is 1. The molecule has 0 N–H and O–H groups in total. The highest BCUT2D eigenvalue weighted by atomic mass is 35.5. The monoisotopic (exact) mass is 356 g/mol. The van der Waals surface area contributed by atoms with Gasteiger partial charge in [-0.15, -0.1) is 0 Å². The predicted octanol–water partition coefficient (Wildman–Crippen LogP) is 4.95. The van der Waals surface area contributed by atoms with Crippen molar-refractivity contribution in [1.29, 1.82) is 0 Å². The fraction of sp³-hybridized carbons (Fsp3) is 0.611. The number of halogens is 2. The zero-order chi connectivity index (χ0) is 17.0. The molecule has 0 atom stereocenters. The molecule has 128 valence electrons. The second-order valence-electron chi connectivity index (χ2n) is 6.93. The van der Waals surface area contributed by atoms with Gasteiger partial charge in [0.1, 0.15) is 6.29 Å². The van der Waals surface area contributed by atoms with Crippen molar-refractivity contribution in [1.82, 2.24) is 10.0 Å². The molecule has 0 bridgehead atoms. The van der Waals surface area contributed by atoms with Crippen LogP contribution in [-0.2, 0) is 11.3 Å². The lowest BCUT2D eigenvalue weighted by Gasteiger charge is -2.45. The van der Waals surface area contributed by atoms with E-state index >= 15 is 0 Å². The summed E-state index contributed by atoms with van der Waals surface area (Å²) in [5.41, 5.74) is 0.342. The fourth-order valence-electron chi connectivity index (χ4n) is 3.26. The van der Waals surface area contributed by atoms with Gasteiger partial charge >= 0.3 is 0 Å². The van der Waals surface area contributed by atoms with Crippen LogP contribution in [0.3, 0.4) is 0 Å². The Balaban J connectivity index is 2.26. The van der Waals surface area contributed by atoms with Crippen LogP contribution >= 0.6 is 23.2 Å². The van der Waals surface area contributed by atoms with E-state index in [9.17, 15) is 4.79 Å². The summed E-state index contributed by atoms with van der Waals surface area (Å²) in [5.74, 6) is 0. The van der Waals surface area contributed by atoms with E-state index in [1.165, 1.54) is 32.1 Å². The van der Waals surface area contributed by atoms with Crippen molar-refractivity contribution in [3.8, 4) is 0 Å². The summed E-state index contributed by atoms with van der Waals surface area (Å²) in [4.78, 5) is 11.7. The van der Waals surface area contributed by atoms with Gasteiger partial charge in [0, 0.05) is 29.7 Å². The molecule has 0 spiro atoms. The zero-order valence-electron chi connectivity index (χ0n) is 14.2. The normalized spacial score (nSPS) is 17.0. The van der Waals surface area contributed by atoms with Gasteiger partial charge in [-0.2, -0.15) is 0 Å². The quantitative estimate of drug-likeness (QED) is 0.531. The van der Waals surface area contributed by atoms with Gasteiger partial charge in [0.05, 0.1) is 5.54 Å². The lowest BCUT2D eigenvalue weighted by atomic mass is 9.95. The van der Waals surface area contributed by atoms with Crippen molar-refractivity contribution < 1.29 is 4.79 Å². The van der Waals surface area contributed by atoms with Crippen molar-refractivity contribution in [3.05, 3.63) is 33.8 Å². The molecule has 23 heavy (non-hydrogen) atoms. The first-order valence-electron chi connectivity index (χ1n) is 8.26. The minimum atomic E-state index is -0.599. The smallest absolute Gasteiger partial charge is 0.141 e. The molecule has 1 saturated carbocycles. The minimum Gasteiger partial charge on any atom is -0.301 e. The van der Waals surface area contributed by atoms with Gasteiger partial charge in [-0.1, -0.05) is 42.5 Å². The largest absolute Gasteiger partial charge is 0.301 e. The fourth-order valence-corrected chi connectivity index (χ4v) is 3.63. The van der Waals surface area contributed by atoms with E-state index < -0.39 is 5.54 Å². The molecule has 2 rings (SSSR count). The highest BCUT2D eigenvalue weighted by Gasteiger charge is 2.33. The molecular weight excluding hydrogens is 331 g/mol. The number of rotatable bonds is 6. The molecule has 0 aromatic heterocycles. The van der Waals surface area contributed by atoms with E-state index in [0.717, 1.165) is 11.8 Å². The topological polar surface area (TPSA) is 23.6 Å². The van der Waals surface area contributed by atoms with Crippen LogP contribution in [0.1, 0.15) is 51.5 Å². The SMILES string of the molecule is CN(C1CCCCC1)N(Cc1cc(Cl)ccc1Cl)C(C)(C)C=O. The van der Waals surface area contributed by atoms with Crippen LogP contribution in [0.5, 0.6) is 0 Å². The molecule has 0 amide bonds. The molecule has 1 fully saturated rings. The van der Waals surface area contributed by atoms with Gasteiger partial charge in [0.15, 0.2) is 0 Å². The number of carbonyl (C=O) groups excluding carboxylic acids is 1. The van der Waals surface area contributed by atoms with Crippen LogP contribution in [0.25, 0.3) is 0 Å². The molecule has 1 aromatic carbocycles. The summed E-state index contributed by atoms with van der Waals surface area (Å²) < 4.78 is 0. The summed E-state index contributed by atoms with van der Waals surface area (Å²) in [6.45, 7) is 4.45. The number of nitrogens with zero attached hydrogens (tertiary/aromatic N) is 2. The van der Waals surface area contributed by atoms with Gasteiger partial charge in [0.2, 0.25) is 0 Å². The molecule has 0 aliphatic heterocycles. The standard InChI is InChI=1S/C18H26Cl2N2O/c1-18(2,13-23)22(21(3)16-7-5-4-6-8-16)12-14-11-15(19)9-10-17(14)20/h9-11,13,16H,4-8,12H2,1-3H3. The molecule has 1 aliphatic rings. The summed E-state index contributed by atoms with van der Waals surface area (Å²) in [6, 6.07) is 5.95. The summed E-state index contributed by atoms with van der Waals surface area (Å²) >= 11 is 12.4. The average molecular weight is 357 g/mol. The van der Waals surface area contributed by atoms with E-state index in [1.54, 1.807) is 6.07 Å². The second kappa shape index (κ2) is 7.98. The van der Waals surface area contributed by atoms with E-state index in [1.807, 2.05) is 26.0 Å². The number of hydrogen-bond acceptors (Lipinski definition) is 3.